The largest absolute Gasteiger partial charge is 0.507 e. The van der Waals surface area contributed by atoms with Crippen LogP contribution in [0.5, 0.6) is 5.75 Å². The molecule has 3 N–H and O–H groups in total. The van der Waals surface area contributed by atoms with Crippen molar-refractivity contribution >= 4 is 17.7 Å². The van der Waals surface area contributed by atoms with Gasteiger partial charge in [0.05, 0.1) is 5.56 Å². The Balaban J connectivity index is 2.09. The summed E-state index contributed by atoms with van der Waals surface area (Å²) in [5, 5.41) is 13.9. The van der Waals surface area contributed by atoms with Crippen LogP contribution in [0.2, 0.25) is 0 Å². The molecule has 1 atom stereocenters. The second kappa shape index (κ2) is 5.05. The van der Waals surface area contributed by atoms with E-state index in [-0.39, 0.29) is 24.3 Å². The molecule has 0 radical (unpaired) electrons. The first kappa shape index (κ1) is 13.0. The number of carbonyl (C=O) groups is 3. The molecule has 1 saturated heterocycles. The summed E-state index contributed by atoms with van der Waals surface area (Å²) in [6.45, 7) is 0. The highest BCUT2D eigenvalue weighted by Crippen LogP contribution is 2.18. The summed E-state index contributed by atoms with van der Waals surface area (Å²) >= 11 is 0. The van der Waals surface area contributed by atoms with Crippen molar-refractivity contribution in [1.29, 1.82) is 0 Å². The molecule has 7 heteroatoms. The van der Waals surface area contributed by atoms with Crippen LogP contribution >= 0.6 is 0 Å². The molecule has 1 unspecified atom stereocenters. The Kier molecular flexibility index (Phi) is 3.46. The fourth-order valence-electron chi connectivity index (χ4n) is 1.76. The summed E-state index contributed by atoms with van der Waals surface area (Å²) in [7, 11) is 0. The summed E-state index contributed by atoms with van der Waals surface area (Å²) in [4.78, 5) is 34.2. The number of piperidine rings is 1. The summed E-state index contributed by atoms with van der Waals surface area (Å²) in [6, 6.07) is 2.11. The van der Waals surface area contributed by atoms with Crippen LogP contribution in [0.15, 0.2) is 18.2 Å². The van der Waals surface area contributed by atoms with Crippen LogP contribution in [0.3, 0.4) is 0 Å². The second-order valence-electron chi connectivity index (χ2n) is 4.14. The van der Waals surface area contributed by atoms with Gasteiger partial charge in [0.2, 0.25) is 11.8 Å². The number of imide groups is 1. The number of benzene rings is 1. The molecular formula is C12H11FN2O4. The van der Waals surface area contributed by atoms with Crippen molar-refractivity contribution in [2.75, 3.05) is 0 Å². The number of halogens is 1. The van der Waals surface area contributed by atoms with Gasteiger partial charge in [-0.05, 0) is 18.6 Å². The van der Waals surface area contributed by atoms with Gasteiger partial charge in [-0.3, -0.25) is 19.7 Å². The second-order valence-corrected chi connectivity index (χ2v) is 4.14. The van der Waals surface area contributed by atoms with E-state index in [1.54, 1.807) is 0 Å². The van der Waals surface area contributed by atoms with Gasteiger partial charge in [-0.25, -0.2) is 4.39 Å². The molecule has 1 aromatic carbocycles. The Labute approximate surface area is 107 Å². The zero-order chi connectivity index (χ0) is 14.0. The quantitative estimate of drug-likeness (QED) is 0.660. The summed E-state index contributed by atoms with van der Waals surface area (Å²) in [5.41, 5.74) is -0.133. The minimum absolute atomic E-state index is 0.131. The molecule has 1 aromatic rings. The number of nitrogens with one attached hydrogen (secondary N) is 2. The van der Waals surface area contributed by atoms with Gasteiger partial charge in [0.1, 0.15) is 17.6 Å². The van der Waals surface area contributed by atoms with Crippen LogP contribution in [0, 0.1) is 5.82 Å². The lowest BCUT2D eigenvalue weighted by Gasteiger charge is -2.21. The van der Waals surface area contributed by atoms with Gasteiger partial charge in [0.25, 0.3) is 5.91 Å². The van der Waals surface area contributed by atoms with E-state index in [9.17, 15) is 23.9 Å². The Bertz CT molecular complexity index is 559. The van der Waals surface area contributed by atoms with Gasteiger partial charge in [-0.15, -0.1) is 0 Å². The molecule has 100 valence electrons. The molecule has 0 aliphatic carbocycles. The highest BCUT2D eigenvalue weighted by atomic mass is 19.1. The van der Waals surface area contributed by atoms with E-state index in [1.807, 2.05) is 0 Å². The molecule has 3 amide bonds. The standard InChI is InChI=1S/C12H11FN2O4/c13-6-1-2-7(9(16)5-6)11(18)14-8-3-4-10(17)15-12(8)19/h1-2,5,8,16H,3-4H2,(H,14,18)(H,15,17,19). The first-order valence-electron chi connectivity index (χ1n) is 5.60. The third-order valence-corrected chi connectivity index (χ3v) is 2.75. The number of hydrogen-bond acceptors (Lipinski definition) is 4. The van der Waals surface area contributed by atoms with Crippen molar-refractivity contribution in [3.63, 3.8) is 0 Å². The molecular weight excluding hydrogens is 255 g/mol. The van der Waals surface area contributed by atoms with E-state index in [1.165, 1.54) is 0 Å². The predicted octanol–water partition coefficient (Wildman–Crippen LogP) is 0.0663. The molecule has 1 aliphatic rings. The number of carbonyl (C=O) groups excluding carboxylic acids is 3. The number of rotatable bonds is 2. The average Bonchev–Trinajstić information content (AvgIpc) is 2.32. The van der Waals surface area contributed by atoms with Crippen molar-refractivity contribution in [3.05, 3.63) is 29.6 Å². The lowest BCUT2D eigenvalue weighted by molar-refractivity contribution is -0.134. The number of phenols is 1. The Morgan fingerprint density at radius 2 is 2.16 bits per heavy atom. The fraction of sp³-hybridized carbons (Fsp3) is 0.250. The van der Waals surface area contributed by atoms with E-state index in [0.717, 1.165) is 18.2 Å². The smallest absolute Gasteiger partial charge is 0.255 e. The predicted molar refractivity (Wildman–Crippen MR) is 61.7 cm³/mol. The molecule has 1 heterocycles. The third kappa shape index (κ3) is 2.87. The van der Waals surface area contributed by atoms with E-state index in [0.29, 0.717) is 0 Å². The number of phenolic OH excluding ortho intramolecular Hbond substituents is 1. The fourth-order valence-corrected chi connectivity index (χ4v) is 1.76. The van der Waals surface area contributed by atoms with Crippen LogP contribution in [0.25, 0.3) is 0 Å². The maximum absolute atomic E-state index is 12.8. The highest BCUT2D eigenvalue weighted by molar-refractivity contribution is 6.04. The molecule has 2 rings (SSSR count). The van der Waals surface area contributed by atoms with Crippen molar-refractivity contribution in [2.24, 2.45) is 0 Å². The lowest BCUT2D eigenvalue weighted by Crippen LogP contribution is -2.52. The molecule has 6 nitrogen and oxygen atoms in total. The molecule has 0 spiro atoms. The maximum atomic E-state index is 12.8. The summed E-state index contributed by atoms with van der Waals surface area (Å²) < 4.78 is 12.8. The summed E-state index contributed by atoms with van der Waals surface area (Å²) in [6.07, 6.45) is 0.324. The highest BCUT2D eigenvalue weighted by Gasteiger charge is 2.28. The first-order chi connectivity index (χ1) is 8.97. The van der Waals surface area contributed by atoms with E-state index in [4.69, 9.17) is 0 Å². The van der Waals surface area contributed by atoms with Crippen LogP contribution in [-0.2, 0) is 9.59 Å². The van der Waals surface area contributed by atoms with Gasteiger partial charge in [-0.2, -0.15) is 0 Å². The monoisotopic (exact) mass is 266 g/mol. The number of aromatic hydroxyl groups is 1. The Morgan fingerprint density at radius 3 is 2.79 bits per heavy atom. The molecule has 19 heavy (non-hydrogen) atoms. The van der Waals surface area contributed by atoms with Crippen LogP contribution in [0.4, 0.5) is 4.39 Å². The first-order valence-corrected chi connectivity index (χ1v) is 5.60. The molecule has 0 bridgehead atoms. The van der Waals surface area contributed by atoms with Crippen LogP contribution in [0.1, 0.15) is 23.2 Å². The molecule has 0 saturated carbocycles. The normalized spacial score (nSPS) is 18.9. The van der Waals surface area contributed by atoms with Gasteiger partial charge >= 0.3 is 0 Å². The van der Waals surface area contributed by atoms with Crippen LogP contribution < -0.4 is 10.6 Å². The minimum Gasteiger partial charge on any atom is -0.507 e. The molecule has 0 aromatic heterocycles. The summed E-state index contributed by atoms with van der Waals surface area (Å²) in [5.74, 6) is -2.86. The van der Waals surface area contributed by atoms with Gasteiger partial charge in [0, 0.05) is 12.5 Å². The van der Waals surface area contributed by atoms with Crippen LogP contribution in [-0.4, -0.2) is 28.9 Å². The lowest BCUT2D eigenvalue weighted by atomic mass is 10.1. The molecule has 1 fully saturated rings. The zero-order valence-electron chi connectivity index (χ0n) is 9.77. The Morgan fingerprint density at radius 1 is 1.42 bits per heavy atom. The van der Waals surface area contributed by atoms with Crippen molar-refractivity contribution < 1.29 is 23.9 Å². The van der Waals surface area contributed by atoms with Crippen molar-refractivity contribution in [3.8, 4) is 5.75 Å². The van der Waals surface area contributed by atoms with Gasteiger partial charge in [-0.1, -0.05) is 0 Å². The van der Waals surface area contributed by atoms with Crippen molar-refractivity contribution in [1.82, 2.24) is 10.6 Å². The topological polar surface area (TPSA) is 95.5 Å². The van der Waals surface area contributed by atoms with Gasteiger partial charge < -0.3 is 10.4 Å². The molecule has 1 aliphatic heterocycles. The third-order valence-electron chi connectivity index (χ3n) is 2.75. The Hall–Kier alpha value is -2.44. The zero-order valence-corrected chi connectivity index (χ0v) is 9.77. The average molecular weight is 266 g/mol. The van der Waals surface area contributed by atoms with E-state index >= 15 is 0 Å². The van der Waals surface area contributed by atoms with Gasteiger partial charge in [0.15, 0.2) is 0 Å². The number of amides is 3. The maximum Gasteiger partial charge on any atom is 0.255 e. The van der Waals surface area contributed by atoms with Crippen molar-refractivity contribution in [2.45, 2.75) is 18.9 Å². The minimum atomic E-state index is -0.838. The number of hydrogen-bond donors (Lipinski definition) is 3. The van der Waals surface area contributed by atoms with E-state index in [2.05, 4.69) is 10.6 Å². The van der Waals surface area contributed by atoms with E-state index < -0.39 is 29.4 Å². The SMILES string of the molecule is O=C1CCC(NC(=O)c2ccc(F)cc2O)C(=O)N1.